The number of rotatable bonds is 4. The molecule has 0 bridgehead atoms. The maximum atomic E-state index is 5.28. The predicted molar refractivity (Wildman–Crippen MR) is 106 cm³/mol. The van der Waals surface area contributed by atoms with E-state index >= 15 is 0 Å². The highest BCUT2D eigenvalue weighted by molar-refractivity contribution is 7.80. The summed E-state index contributed by atoms with van der Waals surface area (Å²) in [6, 6.07) is 15.9. The molecule has 2 heterocycles. The number of pyridine rings is 1. The van der Waals surface area contributed by atoms with Crippen LogP contribution in [0.3, 0.4) is 0 Å². The van der Waals surface area contributed by atoms with Crippen LogP contribution in [0.2, 0.25) is 0 Å². The standard InChI is InChI=1S/C18H17N5S2/c1-14(16-9-5-6-10-19-16)21-22-17(24)20-18-23(11-12-25-18)13-15-7-3-2-4-8-15/h2-12H,13H2,1H3,(H,22,24). The molecule has 0 aliphatic rings. The summed E-state index contributed by atoms with van der Waals surface area (Å²) < 4.78 is 2.06. The molecule has 0 spiro atoms. The van der Waals surface area contributed by atoms with Gasteiger partial charge in [-0.25, -0.2) is 0 Å². The van der Waals surface area contributed by atoms with E-state index in [4.69, 9.17) is 12.2 Å². The van der Waals surface area contributed by atoms with E-state index in [0.29, 0.717) is 5.11 Å². The van der Waals surface area contributed by atoms with Crippen molar-refractivity contribution >= 4 is 34.4 Å². The van der Waals surface area contributed by atoms with E-state index in [9.17, 15) is 0 Å². The van der Waals surface area contributed by atoms with Gasteiger partial charge in [-0.1, -0.05) is 36.4 Å². The van der Waals surface area contributed by atoms with Crippen molar-refractivity contribution in [2.24, 2.45) is 10.1 Å². The molecule has 2 aromatic heterocycles. The second kappa shape index (κ2) is 8.46. The fourth-order valence-electron chi connectivity index (χ4n) is 2.16. The van der Waals surface area contributed by atoms with Gasteiger partial charge in [-0.05, 0) is 36.8 Å². The Morgan fingerprint density at radius 3 is 2.76 bits per heavy atom. The molecule has 0 aliphatic carbocycles. The van der Waals surface area contributed by atoms with Gasteiger partial charge in [0, 0.05) is 24.3 Å². The number of benzene rings is 1. The monoisotopic (exact) mass is 367 g/mol. The fraction of sp³-hybridized carbons (Fsp3) is 0.111. The second-order valence-electron chi connectivity index (χ2n) is 5.24. The Labute approximate surface area is 155 Å². The Balaban J connectivity index is 1.71. The first-order valence-corrected chi connectivity index (χ1v) is 8.99. The van der Waals surface area contributed by atoms with Crippen molar-refractivity contribution in [2.45, 2.75) is 13.5 Å². The number of hydrogen-bond acceptors (Lipinski definition) is 4. The van der Waals surface area contributed by atoms with Gasteiger partial charge in [-0.15, -0.1) is 11.3 Å². The van der Waals surface area contributed by atoms with E-state index in [0.717, 1.165) is 22.8 Å². The number of nitrogens with one attached hydrogen (secondary N) is 1. The molecule has 1 aromatic carbocycles. The summed E-state index contributed by atoms with van der Waals surface area (Å²) in [5.41, 5.74) is 5.58. The molecule has 0 fully saturated rings. The van der Waals surface area contributed by atoms with Crippen molar-refractivity contribution in [1.29, 1.82) is 0 Å². The molecule has 0 atom stereocenters. The normalized spacial score (nSPS) is 12.2. The molecule has 0 aliphatic heterocycles. The van der Waals surface area contributed by atoms with E-state index in [2.05, 4.69) is 37.2 Å². The van der Waals surface area contributed by atoms with Gasteiger partial charge in [0.1, 0.15) is 0 Å². The molecular weight excluding hydrogens is 350 g/mol. The number of nitrogens with zero attached hydrogens (tertiary/aromatic N) is 4. The summed E-state index contributed by atoms with van der Waals surface area (Å²) in [6.07, 6.45) is 3.73. The molecule has 0 unspecified atom stereocenters. The minimum absolute atomic E-state index is 0.319. The van der Waals surface area contributed by atoms with Crippen LogP contribution in [0.1, 0.15) is 18.2 Å². The molecule has 7 heteroatoms. The summed E-state index contributed by atoms with van der Waals surface area (Å²) >= 11 is 6.82. The van der Waals surface area contributed by atoms with Crippen LogP contribution < -0.4 is 10.2 Å². The van der Waals surface area contributed by atoms with E-state index in [-0.39, 0.29) is 0 Å². The van der Waals surface area contributed by atoms with Crippen molar-refractivity contribution in [1.82, 2.24) is 15.0 Å². The minimum Gasteiger partial charge on any atom is -0.319 e. The quantitative estimate of drug-likeness (QED) is 0.438. The van der Waals surface area contributed by atoms with Crippen molar-refractivity contribution in [3.8, 4) is 0 Å². The van der Waals surface area contributed by atoms with Gasteiger partial charge >= 0.3 is 0 Å². The van der Waals surface area contributed by atoms with Crippen molar-refractivity contribution < 1.29 is 0 Å². The fourth-order valence-corrected chi connectivity index (χ4v) is 3.09. The molecule has 1 N–H and O–H groups in total. The first-order valence-electron chi connectivity index (χ1n) is 7.70. The molecule has 0 amide bonds. The van der Waals surface area contributed by atoms with Crippen LogP contribution in [0.5, 0.6) is 0 Å². The van der Waals surface area contributed by atoms with Crippen LogP contribution in [0, 0.1) is 0 Å². The van der Waals surface area contributed by atoms with Crippen molar-refractivity contribution in [3.05, 3.63) is 82.4 Å². The third kappa shape index (κ3) is 4.91. The molecular formula is C18H17N5S2. The van der Waals surface area contributed by atoms with Gasteiger partial charge in [0.15, 0.2) is 4.80 Å². The lowest BCUT2D eigenvalue weighted by atomic mass is 10.2. The average Bonchev–Trinajstić information content (AvgIpc) is 3.08. The lowest BCUT2D eigenvalue weighted by molar-refractivity contribution is 0.770. The second-order valence-corrected chi connectivity index (χ2v) is 6.50. The summed E-state index contributed by atoms with van der Waals surface area (Å²) in [6.45, 7) is 2.63. The summed E-state index contributed by atoms with van der Waals surface area (Å²) in [7, 11) is 0. The zero-order valence-electron chi connectivity index (χ0n) is 13.7. The number of aromatic nitrogens is 2. The van der Waals surface area contributed by atoms with Gasteiger partial charge in [0.2, 0.25) is 5.11 Å². The Kier molecular flexibility index (Phi) is 5.81. The van der Waals surface area contributed by atoms with Crippen LogP contribution in [0.4, 0.5) is 0 Å². The Hall–Kier alpha value is -2.64. The zero-order valence-corrected chi connectivity index (χ0v) is 15.3. The minimum atomic E-state index is 0.319. The third-order valence-corrected chi connectivity index (χ3v) is 4.38. The Morgan fingerprint density at radius 1 is 1.20 bits per heavy atom. The van der Waals surface area contributed by atoms with Crippen molar-refractivity contribution in [2.75, 3.05) is 0 Å². The molecule has 0 saturated carbocycles. The third-order valence-electron chi connectivity index (χ3n) is 3.41. The maximum absolute atomic E-state index is 5.28. The van der Waals surface area contributed by atoms with E-state index in [1.54, 1.807) is 6.20 Å². The smallest absolute Gasteiger partial charge is 0.216 e. The summed E-state index contributed by atoms with van der Waals surface area (Å²) in [5.74, 6) is 0. The van der Waals surface area contributed by atoms with Gasteiger partial charge in [0.25, 0.3) is 0 Å². The predicted octanol–water partition coefficient (Wildman–Crippen LogP) is 3.19. The Morgan fingerprint density at radius 2 is 2.00 bits per heavy atom. The number of hydrogen-bond donors (Lipinski definition) is 1. The highest BCUT2D eigenvalue weighted by Crippen LogP contribution is 2.02. The van der Waals surface area contributed by atoms with Gasteiger partial charge < -0.3 is 4.57 Å². The summed E-state index contributed by atoms with van der Waals surface area (Å²) in [4.78, 5) is 9.53. The largest absolute Gasteiger partial charge is 0.319 e. The number of thiazole rings is 1. The van der Waals surface area contributed by atoms with E-state index in [1.165, 1.54) is 16.9 Å². The lowest BCUT2D eigenvalue weighted by Gasteiger charge is -2.03. The van der Waals surface area contributed by atoms with Gasteiger partial charge in [0.05, 0.1) is 11.4 Å². The van der Waals surface area contributed by atoms with Crippen LogP contribution in [-0.2, 0) is 6.54 Å². The molecule has 25 heavy (non-hydrogen) atoms. The Bertz CT molecular complexity index is 927. The molecule has 0 radical (unpaired) electrons. The molecule has 3 rings (SSSR count). The van der Waals surface area contributed by atoms with Crippen LogP contribution in [-0.4, -0.2) is 20.4 Å². The average molecular weight is 368 g/mol. The number of hydrazone groups is 1. The molecule has 5 nitrogen and oxygen atoms in total. The maximum Gasteiger partial charge on any atom is 0.216 e. The number of thiocarbonyl (C=S) groups is 1. The van der Waals surface area contributed by atoms with Crippen molar-refractivity contribution in [3.63, 3.8) is 0 Å². The van der Waals surface area contributed by atoms with Crippen LogP contribution in [0.25, 0.3) is 0 Å². The van der Waals surface area contributed by atoms with Crippen LogP contribution >= 0.6 is 23.6 Å². The van der Waals surface area contributed by atoms with Gasteiger partial charge in [-0.2, -0.15) is 10.1 Å². The molecule has 3 aromatic rings. The lowest BCUT2D eigenvalue weighted by Crippen LogP contribution is -2.22. The van der Waals surface area contributed by atoms with Gasteiger partial charge in [-0.3, -0.25) is 10.4 Å². The SMILES string of the molecule is CC(=NNC(=S)N=c1sccn1Cc1ccccc1)c1ccccn1. The first kappa shape index (κ1) is 17.2. The topological polar surface area (TPSA) is 54.6 Å². The molecule has 0 saturated heterocycles. The molecule has 126 valence electrons. The van der Waals surface area contributed by atoms with E-state index < -0.39 is 0 Å². The highest BCUT2D eigenvalue weighted by atomic mass is 32.1. The zero-order chi connectivity index (χ0) is 17.5. The first-order chi connectivity index (χ1) is 12.2. The van der Waals surface area contributed by atoms with Crippen LogP contribution in [0.15, 0.2) is 76.4 Å². The van der Waals surface area contributed by atoms with E-state index in [1.807, 2.05) is 54.9 Å². The highest BCUT2D eigenvalue weighted by Gasteiger charge is 2.00. The summed E-state index contributed by atoms with van der Waals surface area (Å²) in [5, 5.41) is 6.56.